The van der Waals surface area contributed by atoms with Gasteiger partial charge in [0, 0.05) is 36.7 Å². The lowest BCUT2D eigenvalue weighted by atomic mass is 9.84. The number of rotatable bonds is 10. The van der Waals surface area contributed by atoms with Gasteiger partial charge in [0.25, 0.3) is 0 Å². The van der Waals surface area contributed by atoms with Gasteiger partial charge in [0.05, 0.1) is 31.5 Å². The average molecular weight is 621 g/mol. The van der Waals surface area contributed by atoms with Crippen molar-refractivity contribution in [1.29, 1.82) is 0 Å². The van der Waals surface area contributed by atoms with E-state index in [1.807, 2.05) is 27.7 Å². The summed E-state index contributed by atoms with van der Waals surface area (Å²) in [6.45, 7) is 16.0. The minimum absolute atomic E-state index is 0.0238. The topological polar surface area (TPSA) is 143 Å². The highest BCUT2D eigenvalue weighted by atomic mass is 16.6. The number of hydrogen-bond donors (Lipinski definition) is 4. The summed E-state index contributed by atoms with van der Waals surface area (Å²) in [6.07, 6.45) is 5.86. The molecule has 0 saturated heterocycles. The van der Waals surface area contributed by atoms with Crippen LogP contribution in [0.15, 0.2) is 59.4 Å². The van der Waals surface area contributed by atoms with E-state index >= 15 is 0 Å². The lowest BCUT2D eigenvalue weighted by Crippen LogP contribution is -2.45. The zero-order chi connectivity index (χ0) is 33.9. The average Bonchev–Trinajstić information content (AvgIpc) is 2.99. The number of ether oxygens (including phenoxy) is 3. The molecule has 0 aliphatic carbocycles. The van der Waals surface area contributed by atoms with Crippen molar-refractivity contribution in [1.82, 2.24) is 0 Å². The van der Waals surface area contributed by atoms with E-state index in [2.05, 4.69) is 0 Å². The first kappa shape index (κ1) is 39.5. The molecule has 0 aromatic heterocycles. The Morgan fingerprint density at radius 1 is 1.02 bits per heavy atom. The van der Waals surface area contributed by atoms with E-state index in [-0.39, 0.29) is 29.3 Å². The molecule has 0 bridgehead atoms. The molecule has 44 heavy (non-hydrogen) atoms. The van der Waals surface area contributed by atoms with E-state index in [1.54, 1.807) is 65.0 Å². The van der Waals surface area contributed by atoms with Gasteiger partial charge in [-0.25, -0.2) is 4.79 Å². The van der Waals surface area contributed by atoms with Crippen LogP contribution in [0, 0.1) is 35.5 Å². The first-order valence-electron chi connectivity index (χ1n) is 15.4. The van der Waals surface area contributed by atoms with Crippen molar-refractivity contribution >= 4 is 11.8 Å². The second-order valence-corrected chi connectivity index (χ2v) is 12.6. The van der Waals surface area contributed by atoms with Crippen molar-refractivity contribution in [3.05, 3.63) is 59.4 Å². The summed E-state index contributed by atoms with van der Waals surface area (Å²) < 4.78 is 17.0. The van der Waals surface area contributed by atoms with Crippen LogP contribution >= 0.6 is 0 Å². The van der Waals surface area contributed by atoms with Crippen molar-refractivity contribution in [2.45, 2.75) is 98.9 Å². The Morgan fingerprint density at radius 3 is 2.18 bits per heavy atom. The van der Waals surface area contributed by atoms with Crippen LogP contribution in [-0.4, -0.2) is 83.0 Å². The Labute approximate surface area is 264 Å². The largest absolute Gasteiger partial charge is 0.490 e. The molecule has 9 nitrogen and oxygen atoms in total. The van der Waals surface area contributed by atoms with E-state index < -0.39 is 60.3 Å². The van der Waals surface area contributed by atoms with Crippen LogP contribution in [0.2, 0.25) is 0 Å². The fourth-order valence-electron chi connectivity index (χ4n) is 5.38. The Bertz CT molecular complexity index is 1090. The highest BCUT2D eigenvalue weighted by Gasteiger charge is 2.38. The smallest absolute Gasteiger partial charge is 0.373 e. The number of methoxy groups -OCH3 is 2. The molecule has 250 valence electrons. The number of ketones is 1. The van der Waals surface area contributed by atoms with E-state index in [0.29, 0.717) is 11.1 Å². The highest BCUT2D eigenvalue weighted by Crippen LogP contribution is 2.27. The van der Waals surface area contributed by atoms with Gasteiger partial charge in [-0.2, -0.15) is 0 Å². The molecule has 0 radical (unpaired) electrons. The van der Waals surface area contributed by atoms with Crippen LogP contribution in [-0.2, 0) is 23.8 Å². The zero-order valence-electron chi connectivity index (χ0n) is 28.3. The molecule has 1 aliphatic rings. The minimum Gasteiger partial charge on any atom is -0.490 e. The molecule has 11 atom stereocenters. The lowest BCUT2D eigenvalue weighted by molar-refractivity contribution is -0.162. The van der Waals surface area contributed by atoms with Crippen LogP contribution in [0.3, 0.4) is 0 Å². The Hall–Kier alpha value is -2.56. The van der Waals surface area contributed by atoms with Crippen molar-refractivity contribution < 1.29 is 44.2 Å². The third-order valence-corrected chi connectivity index (χ3v) is 8.65. The highest BCUT2D eigenvalue weighted by molar-refractivity contribution is 5.92. The molecule has 1 aliphatic heterocycles. The second-order valence-electron chi connectivity index (χ2n) is 12.6. The van der Waals surface area contributed by atoms with Gasteiger partial charge in [0.1, 0.15) is 12.2 Å². The van der Waals surface area contributed by atoms with Crippen molar-refractivity contribution in [2.24, 2.45) is 35.5 Å². The quantitative estimate of drug-likeness (QED) is 0.208. The number of hydrogen-bond acceptors (Lipinski definition) is 9. The van der Waals surface area contributed by atoms with E-state index in [0.717, 1.165) is 0 Å². The van der Waals surface area contributed by atoms with Crippen molar-refractivity contribution in [2.75, 3.05) is 14.2 Å². The predicted molar refractivity (Wildman–Crippen MR) is 171 cm³/mol. The Morgan fingerprint density at radius 2 is 1.64 bits per heavy atom. The molecule has 9 heteroatoms. The summed E-state index contributed by atoms with van der Waals surface area (Å²) in [5.74, 6) is -3.86. The predicted octanol–water partition coefficient (Wildman–Crippen LogP) is 4.31. The summed E-state index contributed by atoms with van der Waals surface area (Å²) in [6, 6.07) is 0. The minimum atomic E-state index is -1.22. The number of esters is 1. The fraction of sp³-hybridized carbons (Fsp3) is 0.657. The van der Waals surface area contributed by atoms with Gasteiger partial charge in [-0.3, -0.25) is 4.79 Å². The SMILES string of the molecule is CO/C1=C/C(C)=C\[C@@H](C)[C@H](O)[C@@H](C)[C@@H](O)/C(C)=C\C=C/[C@H](OC)[C@@H]([C@@H](C)[C@@H](O)[C@H](C)C(=O)/C=C/[C@H](C)[C@H](O)C(C)C)OC1=O. The maximum Gasteiger partial charge on any atom is 0.373 e. The number of carbonyl (C=O) groups is 2. The molecule has 1 rings (SSSR count). The van der Waals surface area contributed by atoms with Gasteiger partial charge < -0.3 is 34.6 Å². The first-order chi connectivity index (χ1) is 20.5. The lowest BCUT2D eigenvalue weighted by Gasteiger charge is -2.33. The summed E-state index contributed by atoms with van der Waals surface area (Å²) in [4.78, 5) is 26.4. The number of cyclic esters (lactones) is 1. The van der Waals surface area contributed by atoms with Crippen LogP contribution in [0.25, 0.3) is 0 Å². The van der Waals surface area contributed by atoms with Gasteiger partial charge in [0.15, 0.2) is 5.78 Å². The molecule has 1 heterocycles. The molecular weight excluding hydrogens is 564 g/mol. The number of allylic oxidation sites excluding steroid dienone is 5. The molecule has 0 aromatic carbocycles. The van der Waals surface area contributed by atoms with Gasteiger partial charge >= 0.3 is 5.97 Å². The van der Waals surface area contributed by atoms with Crippen LogP contribution in [0.4, 0.5) is 0 Å². The van der Waals surface area contributed by atoms with Crippen LogP contribution < -0.4 is 0 Å². The fourth-order valence-corrected chi connectivity index (χ4v) is 5.38. The maximum atomic E-state index is 13.4. The molecular formula is C35H56O9. The summed E-state index contributed by atoms with van der Waals surface area (Å²) in [7, 11) is 2.78. The number of aliphatic hydroxyl groups is 4. The summed E-state index contributed by atoms with van der Waals surface area (Å²) >= 11 is 0. The monoisotopic (exact) mass is 620 g/mol. The number of aliphatic hydroxyl groups excluding tert-OH is 4. The van der Waals surface area contributed by atoms with E-state index in [4.69, 9.17) is 14.2 Å². The van der Waals surface area contributed by atoms with Crippen molar-refractivity contribution in [3.8, 4) is 0 Å². The zero-order valence-corrected chi connectivity index (χ0v) is 28.3. The first-order valence-corrected chi connectivity index (χ1v) is 15.4. The Balaban J connectivity index is 3.52. The second kappa shape index (κ2) is 18.4. The molecule has 0 unspecified atom stereocenters. The van der Waals surface area contributed by atoms with E-state index in [1.165, 1.54) is 26.4 Å². The molecule has 0 spiro atoms. The number of carbonyl (C=O) groups excluding carboxylic acids is 2. The standard InChI is InChI=1S/C35H56O9/c1-19(2)30(37)22(5)15-16-27(36)24(7)33(40)26(9)34-28(42-10)14-12-13-21(4)31(38)25(8)32(39)23(6)17-20(3)18-29(43-11)35(41)44-34/h12-19,22-26,28,30-34,37-40H,1-11H3/b14-12-,16-15+,20-17-,21-13-,29-18+/t22-,23+,24+,25-,26-,28-,30+,31-,32-,33-,34+/m0/s1. The summed E-state index contributed by atoms with van der Waals surface area (Å²) in [5, 5.41) is 43.4. The van der Waals surface area contributed by atoms with Gasteiger partial charge in [0.2, 0.25) is 5.76 Å². The van der Waals surface area contributed by atoms with Crippen LogP contribution in [0.1, 0.15) is 62.3 Å². The Kier molecular flexibility index (Phi) is 16.5. The third-order valence-electron chi connectivity index (χ3n) is 8.65. The third kappa shape index (κ3) is 11.1. The van der Waals surface area contributed by atoms with Gasteiger partial charge in [-0.15, -0.1) is 0 Å². The van der Waals surface area contributed by atoms with Gasteiger partial charge in [-0.05, 0) is 37.5 Å². The maximum absolute atomic E-state index is 13.4. The van der Waals surface area contributed by atoms with E-state index in [9.17, 15) is 30.0 Å². The normalized spacial score (nSPS) is 33.9. The molecule has 0 saturated carbocycles. The molecule has 0 amide bonds. The summed E-state index contributed by atoms with van der Waals surface area (Å²) in [5.41, 5.74) is 1.26. The molecule has 0 aromatic rings. The van der Waals surface area contributed by atoms with Crippen LogP contribution in [0.5, 0.6) is 0 Å². The van der Waals surface area contributed by atoms with Gasteiger partial charge in [-0.1, -0.05) is 84.4 Å². The molecule has 4 N–H and O–H groups in total. The molecule has 0 fully saturated rings. The van der Waals surface area contributed by atoms with Crippen molar-refractivity contribution in [3.63, 3.8) is 0 Å².